The van der Waals surface area contributed by atoms with Crippen molar-refractivity contribution >= 4 is 39.8 Å². The van der Waals surface area contributed by atoms with Crippen LogP contribution in [0.4, 0.5) is 5.00 Å². The number of anilines is 1. The summed E-state index contributed by atoms with van der Waals surface area (Å²) in [6.07, 6.45) is 4.03. The lowest BCUT2D eigenvalue weighted by molar-refractivity contribution is -0.118. The molecule has 8 heteroatoms. The number of hydrogen-bond donors (Lipinski definition) is 1. The second kappa shape index (κ2) is 9.37. The number of carbonyl (C=O) groups excluding carboxylic acids is 2. The fourth-order valence-corrected chi connectivity index (χ4v) is 5.41. The fourth-order valence-electron chi connectivity index (χ4n) is 3.89. The van der Waals surface area contributed by atoms with Crippen molar-refractivity contribution in [3.8, 4) is 5.75 Å². The third kappa shape index (κ3) is 4.63. The molecule has 1 aliphatic carbocycles. The number of fused-ring (bicyclic) bond motifs is 1. The van der Waals surface area contributed by atoms with Crippen molar-refractivity contribution in [2.75, 3.05) is 38.2 Å². The Morgan fingerprint density at radius 3 is 2.77 bits per heavy atom. The lowest BCUT2D eigenvalue weighted by atomic mass is 9.95. The van der Waals surface area contributed by atoms with E-state index in [0.29, 0.717) is 47.6 Å². The van der Waals surface area contributed by atoms with E-state index in [1.165, 1.54) is 16.2 Å². The number of nitrogens with zero attached hydrogens (tertiary/aromatic N) is 1. The largest absolute Gasteiger partial charge is 0.483 e. The molecule has 2 aromatic rings. The van der Waals surface area contributed by atoms with Crippen LogP contribution in [-0.4, -0.2) is 49.6 Å². The van der Waals surface area contributed by atoms with Gasteiger partial charge >= 0.3 is 0 Å². The van der Waals surface area contributed by atoms with Crippen molar-refractivity contribution in [3.05, 3.63) is 44.8 Å². The van der Waals surface area contributed by atoms with E-state index < -0.39 is 0 Å². The standard InChI is InChI=1S/C22H25ClN2O4S/c1-14-12-15(23)6-7-17(14)29-13-19(26)24-21-20(16-4-2-3-5-18(16)30-21)22(27)25-8-10-28-11-9-25/h6-7,12H,2-5,8-11,13H2,1H3,(H,24,26). The minimum atomic E-state index is -0.279. The summed E-state index contributed by atoms with van der Waals surface area (Å²) in [5.41, 5.74) is 2.63. The fraction of sp³-hybridized carbons (Fsp3) is 0.455. The van der Waals surface area contributed by atoms with Crippen LogP contribution in [0.2, 0.25) is 5.02 Å². The average Bonchev–Trinajstić information content (AvgIpc) is 3.11. The van der Waals surface area contributed by atoms with Gasteiger partial charge in [0.1, 0.15) is 10.8 Å². The summed E-state index contributed by atoms with van der Waals surface area (Å²) in [6.45, 7) is 4.01. The van der Waals surface area contributed by atoms with Gasteiger partial charge in [0.15, 0.2) is 6.61 Å². The van der Waals surface area contributed by atoms with Crippen LogP contribution >= 0.6 is 22.9 Å². The Bertz CT molecular complexity index is 953. The molecule has 1 saturated heterocycles. The van der Waals surface area contributed by atoms with Gasteiger partial charge in [-0.15, -0.1) is 11.3 Å². The van der Waals surface area contributed by atoms with Crippen molar-refractivity contribution in [2.45, 2.75) is 32.6 Å². The van der Waals surface area contributed by atoms with Gasteiger partial charge in [0.05, 0.1) is 18.8 Å². The highest BCUT2D eigenvalue weighted by Gasteiger charge is 2.30. The quantitative estimate of drug-likeness (QED) is 0.748. The van der Waals surface area contributed by atoms with Crippen LogP contribution in [0.1, 0.15) is 39.2 Å². The smallest absolute Gasteiger partial charge is 0.262 e. The van der Waals surface area contributed by atoms with Gasteiger partial charge in [-0.25, -0.2) is 0 Å². The van der Waals surface area contributed by atoms with Crippen molar-refractivity contribution in [3.63, 3.8) is 0 Å². The third-order valence-electron chi connectivity index (χ3n) is 5.43. The number of rotatable bonds is 5. The van der Waals surface area contributed by atoms with Crippen LogP contribution in [0.5, 0.6) is 5.75 Å². The average molecular weight is 449 g/mol. The monoisotopic (exact) mass is 448 g/mol. The number of hydrogen-bond acceptors (Lipinski definition) is 5. The van der Waals surface area contributed by atoms with Gasteiger partial charge in [-0.3, -0.25) is 9.59 Å². The molecule has 1 N–H and O–H groups in total. The van der Waals surface area contributed by atoms with Gasteiger partial charge in [0.25, 0.3) is 11.8 Å². The number of nitrogens with one attached hydrogen (secondary N) is 1. The molecule has 0 unspecified atom stereocenters. The second-order valence-corrected chi connectivity index (χ2v) is 9.11. The van der Waals surface area contributed by atoms with E-state index in [4.69, 9.17) is 21.1 Å². The minimum Gasteiger partial charge on any atom is -0.483 e. The first kappa shape index (κ1) is 21.2. The summed E-state index contributed by atoms with van der Waals surface area (Å²) in [6, 6.07) is 5.28. The SMILES string of the molecule is Cc1cc(Cl)ccc1OCC(=O)Nc1sc2c(c1C(=O)N1CCOCC1)CCCC2. The maximum Gasteiger partial charge on any atom is 0.262 e. The normalized spacial score (nSPS) is 16.1. The molecule has 2 aliphatic rings. The van der Waals surface area contributed by atoms with Crippen molar-refractivity contribution in [1.29, 1.82) is 0 Å². The molecule has 0 bridgehead atoms. The molecule has 30 heavy (non-hydrogen) atoms. The van der Waals surface area contributed by atoms with E-state index in [9.17, 15) is 9.59 Å². The van der Waals surface area contributed by atoms with E-state index in [1.54, 1.807) is 18.2 Å². The zero-order chi connectivity index (χ0) is 21.1. The second-order valence-electron chi connectivity index (χ2n) is 7.57. The number of halogens is 1. The lowest BCUT2D eigenvalue weighted by Gasteiger charge is -2.27. The maximum absolute atomic E-state index is 13.3. The maximum atomic E-state index is 13.3. The van der Waals surface area contributed by atoms with Gasteiger partial charge in [-0.1, -0.05) is 11.6 Å². The first-order valence-corrected chi connectivity index (χ1v) is 11.4. The number of thiophene rings is 1. The molecule has 1 fully saturated rings. The van der Waals surface area contributed by atoms with Crippen LogP contribution in [0, 0.1) is 6.92 Å². The highest BCUT2D eigenvalue weighted by atomic mass is 35.5. The minimum absolute atomic E-state index is 0.0116. The first-order chi connectivity index (χ1) is 14.5. The molecule has 1 aromatic heterocycles. The lowest BCUT2D eigenvalue weighted by Crippen LogP contribution is -2.41. The Kier molecular flexibility index (Phi) is 6.61. The van der Waals surface area contributed by atoms with E-state index in [1.807, 2.05) is 11.8 Å². The molecule has 1 aromatic carbocycles. The third-order valence-corrected chi connectivity index (χ3v) is 6.87. The summed E-state index contributed by atoms with van der Waals surface area (Å²) in [5, 5.41) is 4.20. The summed E-state index contributed by atoms with van der Waals surface area (Å²) < 4.78 is 11.0. The van der Waals surface area contributed by atoms with Gasteiger partial charge in [-0.05, 0) is 61.9 Å². The molecule has 6 nitrogen and oxygen atoms in total. The molecule has 2 amide bonds. The predicted molar refractivity (Wildman–Crippen MR) is 118 cm³/mol. The van der Waals surface area contributed by atoms with Crippen LogP contribution in [0.25, 0.3) is 0 Å². The molecular formula is C22H25ClN2O4S. The summed E-state index contributed by atoms with van der Waals surface area (Å²) >= 11 is 7.50. The highest BCUT2D eigenvalue weighted by Crippen LogP contribution is 2.39. The van der Waals surface area contributed by atoms with Crippen LogP contribution in [0.3, 0.4) is 0 Å². The van der Waals surface area contributed by atoms with Crippen LogP contribution < -0.4 is 10.1 Å². The van der Waals surface area contributed by atoms with Crippen molar-refractivity contribution < 1.29 is 19.1 Å². The van der Waals surface area contributed by atoms with Crippen LogP contribution in [0.15, 0.2) is 18.2 Å². The zero-order valence-corrected chi connectivity index (χ0v) is 18.5. The number of amides is 2. The number of benzene rings is 1. The van der Waals surface area contributed by atoms with E-state index in [2.05, 4.69) is 5.32 Å². The van der Waals surface area contributed by atoms with E-state index >= 15 is 0 Å². The molecule has 4 rings (SSSR count). The van der Waals surface area contributed by atoms with Gasteiger partial charge < -0.3 is 19.7 Å². The number of carbonyl (C=O) groups is 2. The topological polar surface area (TPSA) is 67.9 Å². The molecule has 0 radical (unpaired) electrons. The van der Waals surface area contributed by atoms with Gasteiger partial charge in [-0.2, -0.15) is 0 Å². The molecule has 0 spiro atoms. The highest BCUT2D eigenvalue weighted by molar-refractivity contribution is 7.17. The van der Waals surface area contributed by atoms with Gasteiger partial charge in [0.2, 0.25) is 0 Å². The van der Waals surface area contributed by atoms with Gasteiger partial charge in [0, 0.05) is 23.0 Å². The summed E-state index contributed by atoms with van der Waals surface area (Å²) in [7, 11) is 0. The number of aryl methyl sites for hydroxylation is 2. The summed E-state index contributed by atoms with van der Waals surface area (Å²) in [4.78, 5) is 28.9. The van der Waals surface area contributed by atoms with Crippen LogP contribution in [-0.2, 0) is 22.4 Å². The molecular weight excluding hydrogens is 424 g/mol. The Hall–Kier alpha value is -2.09. The number of morpholine rings is 1. The first-order valence-electron chi connectivity index (χ1n) is 10.2. The van der Waals surface area contributed by atoms with E-state index in [-0.39, 0.29) is 18.4 Å². The molecule has 160 valence electrons. The summed E-state index contributed by atoms with van der Waals surface area (Å²) in [5.74, 6) is 0.325. The molecule has 1 aliphatic heterocycles. The Morgan fingerprint density at radius 2 is 2.00 bits per heavy atom. The predicted octanol–water partition coefficient (Wildman–Crippen LogP) is 4.08. The van der Waals surface area contributed by atoms with E-state index in [0.717, 1.165) is 36.8 Å². The molecule has 0 saturated carbocycles. The number of ether oxygens (including phenoxy) is 2. The molecule has 2 heterocycles. The Balaban J connectivity index is 1.50. The Morgan fingerprint density at radius 1 is 1.23 bits per heavy atom. The zero-order valence-electron chi connectivity index (χ0n) is 17.0. The van der Waals surface area contributed by atoms with Crippen molar-refractivity contribution in [2.24, 2.45) is 0 Å². The molecule has 0 atom stereocenters. The Labute approximate surface area is 185 Å². The van der Waals surface area contributed by atoms with Crippen molar-refractivity contribution in [1.82, 2.24) is 4.90 Å².